The monoisotopic (exact) mass is 386 g/mol. The van der Waals surface area contributed by atoms with Crippen molar-refractivity contribution in [3.63, 3.8) is 0 Å². The van der Waals surface area contributed by atoms with Crippen molar-refractivity contribution in [1.29, 1.82) is 0 Å². The molecule has 0 unspecified atom stereocenters. The fraction of sp³-hybridized carbons (Fsp3) is 0. The molecule has 1 fully saturated rings. The molecule has 0 radical (unpaired) electrons. The van der Waals surface area contributed by atoms with Crippen molar-refractivity contribution in [3.8, 4) is 5.75 Å². The smallest absolute Gasteiger partial charge is 0.335 e. The molecule has 3 rings (SSSR count). The van der Waals surface area contributed by atoms with Crippen molar-refractivity contribution in [2.45, 2.75) is 0 Å². The largest absolute Gasteiger partial charge is 0.508 e. The molecule has 24 heavy (non-hydrogen) atoms. The van der Waals surface area contributed by atoms with Gasteiger partial charge in [-0.25, -0.2) is 9.69 Å². The molecule has 0 spiro atoms. The summed E-state index contributed by atoms with van der Waals surface area (Å²) in [5, 5.41) is 11.6. The summed E-state index contributed by atoms with van der Waals surface area (Å²) in [6.45, 7) is 0. The number of carbonyl (C=O) groups excluding carboxylic acids is 3. The van der Waals surface area contributed by atoms with Crippen molar-refractivity contribution >= 4 is 45.5 Å². The molecule has 1 aliphatic heterocycles. The summed E-state index contributed by atoms with van der Waals surface area (Å²) in [4.78, 5) is 37.6. The van der Waals surface area contributed by atoms with Gasteiger partial charge in [-0.05, 0) is 42.0 Å². The van der Waals surface area contributed by atoms with Crippen LogP contribution in [-0.4, -0.2) is 23.0 Å². The third-order valence-electron chi connectivity index (χ3n) is 3.35. The quantitative estimate of drug-likeness (QED) is 0.613. The molecule has 0 saturated carbocycles. The van der Waals surface area contributed by atoms with E-state index in [1.807, 2.05) is 0 Å². The van der Waals surface area contributed by atoms with Crippen LogP contribution >= 0.6 is 15.9 Å². The highest BCUT2D eigenvalue weighted by Gasteiger charge is 2.36. The Morgan fingerprint density at radius 3 is 2.50 bits per heavy atom. The van der Waals surface area contributed by atoms with Crippen LogP contribution in [0.25, 0.3) is 6.08 Å². The first kappa shape index (κ1) is 15.9. The van der Waals surface area contributed by atoms with E-state index in [2.05, 4.69) is 21.2 Å². The van der Waals surface area contributed by atoms with Crippen molar-refractivity contribution in [2.24, 2.45) is 0 Å². The maximum atomic E-state index is 12.6. The third kappa shape index (κ3) is 3.07. The molecule has 4 amide bonds. The van der Waals surface area contributed by atoms with Gasteiger partial charge in [-0.15, -0.1) is 0 Å². The lowest BCUT2D eigenvalue weighted by atomic mass is 10.1. The zero-order chi connectivity index (χ0) is 17.3. The molecule has 1 aliphatic rings. The molecule has 6 nitrogen and oxygen atoms in total. The number of phenolic OH excluding ortho intramolecular Hbond substituents is 1. The Kier molecular flexibility index (Phi) is 4.18. The number of urea groups is 1. The fourth-order valence-electron chi connectivity index (χ4n) is 2.29. The third-order valence-corrected chi connectivity index (χ3v) is 3.84. The Bertz CT molecular complexity index is 892. The van der Waals surface area contributed by atoms with Crippen molar-refractivity contribution in [1.82, 2.24) is 5.32 Å². The van der Waals surface area contributed by atoms with Crippen LogP contribution in [-0.2, 0) is 9.59 Å². The van der Waals surface area contributed by atoms with E-state index >= 15 is 0 Å². The second-order valence-electron chi connectivity index (χ2n) is 5.03. The molecule has 2 aromatic rings. The van der Waals surface area contributed by atoms with Gasteiger partial charge < -0.3 is 5.11 Å². The average molecular weight is 387 g/mol. The van der Waals surface area contributed by atoms with Gasteiger partial charge >= 0.3 is 6.03 Å². The number of carbonyl (C=O) groups is 3. The van der Waals surface area contributed by atoms with E-state index < -0.39 is 17.8 Å². The van der Waals surface area contributed by atoms with Crippen LogP contribution in [0.5, 0.6) is 5.75 Å². The Hall–Kier alpha value is -2.93. The zero-order valence-corrected chi connectivity index (χ0v) is 13.8. The van der Waals surface area contributed by atoms with Crippen molar-refractivity contribution in [3.05, 3.63) is 64.1 Å². The van der Waals surface area contributed by atoms with Crippen molar-refractivity contribution in [2.75, 3.05) is 4.90 Å². The van der Waals surface area contributed by atoms with E-state index in [0.29, 0.717) is 15.7 Å². The summed E-state index contributed by atoms with van der Waals surface area (Å²) >= 11 is 3.28. The number of nitrogens with zero attached hydrogens (tertiary/aromatic N) is 1. The number of hydrogen-bond acceptors (Lipinski definition) is 4. The number of nitrogens with one attached hydrogen (secondary N) is 1. The first-order valence-corrected chi connectivity index (χ1v) is 7.71. The van der Waals surface area contributed by atoms with Gasteiger partial charge in [0.1, 0.15) is 11.3 Å². The number of barbiturate groups is 1. The highest BCUT2D eigenvalue weighted by atomic mass is 79.9. The average Bonchev–Trinajstić information content (AvgIpc) is 2.51. The summed E-state index contributed by atoms with van der Waals surface area (Å²) in [7, 11) is 0. The number of aromatic hydroxyl groups is 1. The van der Waals surface area contributed by atoms with Gasteiger partial charge in [0.25, 0.3) is 11.8 Å². The molecular formula is C17H11BrN2O4. The second kappa shape index (κ2) is 6.29. The Morgan fingerprint density at radius 2 is 1.79 bits per heavy atom. The predicted octanol–water partition coefficient (Wildman–Crippen LogP) is 2.82. The molecule has 0 aliphatic carbocycles. The minimum Gasteiger partial charge on any atom is -0.508 e. The topological polar surface area (TPSA) is 86.7 Å². The summed E-state index contributed by atoms with van der Waals surface area (Å²) in [6, 6.07) is 11.9. The number of hydrogen-bond donors (Lipinski definition) is 2. The molecule has 0 bridgehead atoms. The Labute approximate surface area is 145 Å². The van der Waals surface area contributed by atoms with Crippen LogP contribution in [0.1, 0.15) is 5.56 Å². The minimum atomic E-state index is -0.809. The summed E-state index contributed by atoms with van der Waals surface area (Å²) in [6.07, 6.45) is 1.33. The Balaban J connectivity index is 2.03. The molecule has 0 atom stereocenters. The normalized spacial score (nSPS) is 16.5. The van der Waals surface area contributed by atoms with Gasteiger partial charge in [0.15, 0.2) is 0 Å². The maximum absolute atomic E-state index is 12.6. The van der Waals surface area contributed by atoms with E-state index in [-0.39, 0.29) is 11.3 Å². The van der Waals surface area contributed by atoms with E-state index in [4.69, 9.17) is 0 Å². The summed E-state index contributed by atoms with van der Waals surface area (Å²) in [5.74, 6) is -1.50. The first-order chi connectivity index (χ1) is 11.5. The van der Waals surface area contributed by atoms with Gasteiger partial charge in [-0.1, -0.05) is 34.1 Å². The molecule has 1 heterocycles. The van der Waals surface area contributed by atoms with Crippen molar-refractivity contribution < 1.29 is 19.5 Å². The van der Waals surface area contributed by atoms with Crippen LogP contribution in [0.2, 0.25) is 0 Å². The highest BCUT2D eigenvalue weighted by molar-refractivity contribution is 9.10. The summed E-state index contributed by atoms with van der Waals surface area (Å²) in [5.41, 5.74) is 0.610. The number of benzene rings is 2. The SMILES string of the molecule is O=C1NC(=O)N(c2cccc(Br)c2)C(=O)/C1=C/c1cccc(O)c1. The minimum absolute atomic E-state index is 0.00735. The number of phenols is 1. The number of imide groups is 2. The Morgan fingerprint density at radius 1 is 1.04 bits per heavy atom. The molecule has 1 saturated heterocycles. The molecule has 7 heteroatoms. The lowest BCUT2D eigenvalue weighted by molar-refractivity contribution is -0.122. The second-order valence-corrected chi connectivity index (χ2v) is 5.95. The maximum Gasteiger partial charge on any atom is 0.335 e. The number of halogens is 1. The van der Waals surface area contributed by atoms with Gasteiger partial charge in [0.2, 0.25) is 0 Å². The standard InChI is InChI=1S/C17H11BrN2O4/c18-11-4-2-5-12(9-11)20-16(23)14(15(22)19-17(20)24)8-10-3-1-6-13(21)7-10/h1-9,21H,(H,19,22,24)/b14-8+. The molecule has 2 N–H and O–H groups in total. The highest BCUT2D eigenvalue weighted by Crippen LogP contribution is 2.25. The predicted molar refractivity (Wildman–Crippen MR) is 91.3 cm³/mol. The van der Waals surface area contributed by atoms with Crippen LogP contribution in [0, 0.1) is 0 Å². The van der Waals surface area contributed by atoms with Crippen LogP contribution < -0.4 is 10.2 Å². The number of amides is 4. The molecular weight excluding hydrogens is 376 g/mol. The number of anilines is 1. The lowest BCUT2D eigenvalue weighted by Gasteiger charge is -2.26. The molecule has 0 aromatic heterocycles. The van der Waals surface area contributed by atoms with E-state index in [1.54, 1.807) is 36.4 Å². The molecule has 120 valence electrons. The van der Waals surface area contributed by atoms with Gasteiger partial charge in [-0.3, -0.25) is 14.9 Å². The zero-order valence-electron chi connectivity index (χ0n) is 12.2. The van der Waals surface area contributed by atoms with E-state index in [0.717, 1.165) is 4.90 Å². The van der Waals surface area contributed by atoms with Gasteiger partial charge in [-0.2, -0.15) is 0 Å². The van der Waals surface area contributed by atoms with Gasteiger partial charge in [0.05, 0.1) is 5.69 Å². The number of rotatable bonds is 2. The summed E-state index contributed by atoms with van der Waals surface area (Å²) < 4.78 is 0.691. The first-order valence-electron chi connectivity index (χ1n) is 6.92. The van der Waals surface area contributed by atoms with Crippen LogP contribution in [0.4, 0.5) is 10.5 Å². The molecule has 2 aromatic carbocycles. The van der Waals surface area contributed by atoms with E-state index in [9.17, 15) is 19.5 Å². The lowest BCUT2D eigenvalue weighted by Crippen LogP contribution is -2.54. The van der Waals surface area contributed by atoms with Crippen LogP contribution in [0.3, 0.4) is 0 Å². The van der Waals surface area contributed by atoms with Gasteiger partial charge in [0, 0.05) is 4.47 Å². The van der Waals surface area contributed by atoms with Crippen LogP contribution in [0.15, 0.2) is 58.6 Å². The van der Waals surface area contributed by atoms with E-state index in [1.165, 1.54) is 18.2 Å². The fourth-order valence-corrected chi connectivity index (χ4v) is 2.68.